The van der Waals surface area contributed by atoms with E-state index in [0.717, 1.165) is 22.5 Å². The van der Waals surface area contributed by atoms with E-state index in [1.807, 2.05) is 43.5 Å². The monoisotopic (exact) mass is 406 g/mol. The minimum atomic E-state index is -0.529. The highest BCUT2D eigenvalue weighted by Crippen LogP contribution is 2.33. The molecule has 1 N–H and O–H groups in total. The number of methoxy groups -OCH3 is 1. The molecule has 0 saturated carbocycles. The number of nitrogens with zero attached hydrogens (tertiary/aromatic N) is 3. The normalized spacial score (nSPS) is 10.4. The zero-order chi connectivity index (χ0) is 20.2. The van der Waals surface area contributed by atoms with Crippen molar-refractivity contribution in [2.24, 2.45) is 0 Å². The molecule has 0 unspecified atom stereocenters. The quantitative estimate of drug-likeness (QED) is 0.445. The van der Waals surface area contributed by atoms with Crippen LogP contribution in [0.1, 0.15) is 18.7 Å². The summed E-state index contributed by atoms with van der Waals surface area (Å²) in [5.74, 6) is 1.39. The van der Waals surface area contributed by atoms with Gasteiger partial charge in [0.25, 0.3) is 0 Å². The first-order chi connectivity index (χ1) is 14.1. The molecule has 30 heavy (non-hydrogen) atoms. The molecular weight excluding hydrogens is 383 g/mol. The van der Waals surface area contributed by atoms with Gasteiger partial charge in [0.05, 0.1) is 24.7 Å². The maximum atomic E-state index is 13.0. The molecule has 0 aliphatic heterocycles. The number of ether oxygens (including phenoxy) is 2. The lowest BCUT2D eigenvalue weighted by molar-refractivity contribution is 0.299. The Labute approximate surface area is 174 Å². The lowest BCUT2D eigenvalue weighted by Gasteiger charge is -2.11. The van der Waals surface area contributed by atoms with Crippen LogP contribution in [0.2, 0.25) is 0 Å². The SMILES string of the molecule is C.COc1cc(OCc2ccc(C)cn2)ccc1-c1cnc(-c2ccc(F)nc2)[nH]1. The van der Waals surface area contributed by atoms with Crippen molar-refractivity contribution in [3.63, 3.8) is 0 Å². The van der Waals surface area contributed by atoms with Crippen LogP contribution in [-0.4, -0.2) is 27.0 Å². The average molecular weight is 406 g/mol. The molecule has 7 heteroatoms. The molecule has 4 rings (SSSR count). The number of aromatic amines is 1. The second-order valence-corrected chi connectivity index (χ2v) is 6.49. The summed E-state index contributed by atoms with van der Waals surface area (Å²) in [6, 6.07) is 12.5. The van der Waals surface area contributed by atoms with Gasteiger partial charge in [-0.25, -0.2) is 9.97 Å². The van der Waals surface area contributed by atoms with Crippen LogP contribution < -0.4 is 9.47 Å². The first-order valence-corrected chi connectivity index (χ1v) is 9.02. The summed E-state index contributed by atoms with van der Waals surface area (Å²) < 4.78 is 24.4. The number of hydrogen-bond acceptors (Lipinski definition) is 5. The van der Waals surface area contributed by atoms with Crippen molar-refractivity contribution >= 4 is 0 Å². The zero-order valence-corrected chi connectivity index (χ0v) is 16.0. The van der Waals surface area contributed by atoms with E-state index in [4.69, 9.17) is 9.47 Å². The lowest BCUT2D eigenvalue weighted by atomic mass is 10.1. The van der Waals surface area contributed by atoms with Crippen LogP contribution in [0.25, 0.3) is 22.6 Å². The zero-order valence-electron chi connectivity index (χ0n) is 16.0. The molecule has 0 aliphatic carbocycles. The molecule has 0 aliphatic rings. The van der Waals surface area contributed by atoms with Crippen molar-refractivity contribution in [1.29, 1.82) is 0 Å². The van der Waals surface area contributed by atoms with Crippen molar-refractivity contribution in [3.05, 3.63) is 78.3 Å². The standard InChI is InChI=1S/C22H19FN4O2.CH4/c1-14-3-5-16(24-10-14)13-29-17-6-7-18(20(9-17)28-2)19-12-26-22(27-19)15-4-8-21(23)25-11-15;/h3-12H,13H2,1-2H3,(H,26,27);1H4. The molecule has 0 bridgehead atoms. The average Bonchev–Trinajstić information content (AvgIpc) is 3.23. The number of hydrogen-bond donors (Lipinski definition) is 1. The third-order valence-electron chi connectivity index (χ3n) is 4.40. The summed E-state index contributed by atoms with van der Waals surface area (Å²) in [4.78, 5) is 15.6. The maximum absolute atomic E-state index is 13.0. The van der Waals surface area contributed by atoms with Crippen molar-refractivity contribution in [2.75, 3.05) is 7.11 Å². The molecule has 0 atom stereocenters. The first kappa shape index (κ1) is 21.0. The molecule has 0 saturated heterocycles. The van der Waals surface area contributed by atoms with Crippen molar-refractivity contribution in [3.8, 4) is 34.1 Å². The Hall–Kier alpha value is -3.74. The Morgan fingerprint density at radius 3 is 2.53 bits per heavy atom. The molecule has 4 aromatic rings. The number of imidazole rings is 1. The number of H-pyrrole nitrogens is 1. The number of benzene rings is 1. The van der Waals surface area contributed by atoms with Gasteiger partial charge in [-0.3, -0.25) is 4.98 Å². The van der Waals surface area contributed by atoms with Crippen LogP contribution in [0.5, 0.6) is 11.5 Å². The Kier molecular flexibility index (Phi) is 6.41. The van der Waals surface area contributed by atoms with Gasteiger partial charge >= 0.3 is 0 Å². The van der Waals surface area contributed by atoms with Gasteiger partial charge in [-0.1, -0.05) is 13.5 Å². The van der Waals surface area contributed by atoms with Crippen LogP contribution in [0.15, 0.2) is 61.1 Å². The number of pyridine rings is 2. The predicted octanol–water partition coefficient (Wildman–Crippen LogP) is 5.20. The molecule has 3 heterocycles. The topological polar surface area (TPSA) is 72.9 Å². The van der Waals surface area contributed by atoms with Gasteiger partial charge in [0.1, 0.15) is 23.9 Å². The molecule has 0 radical (unpaired) electrons. The van der Waals surface area contributed by atoms with Crippen molar-refractivity contribution in [1.82, 2.24) is 19.9 Å². The Morgan fingerprint density at radius 1 is 0.967 bits per heavy atom. The fourth-order valence-corrected chi connectivity index (χ4v) is 2.85. The van der Waals surface area contributed by atoms with Crippen LogP contribution in [0.4, 0.5) is 4.39 Å². The third kappa shape index (κ3) is 4.63. The van der Waals surface area contributed by atoms with Gasteiger partial charge in [0, 0.05) is 29.6 Å². The highest BCUT2D eigenvalue weighted by molar-refractivity contribution is 5.70. The van der Waals surface area contributed by atoms with Gasteiger partial charge in [0.15, 0.2) is 0 Å². The number of nitrogens with one attached hydrogen (secondary N) is 1. The predicted molar refractivity (Wildman–Crippen MR) is 114 cm³/mol. The van der Waals surface area contributed by atoms with E-state index in [0.29, 0.717) is 29.5 Å². The second kappa shape index (κ2) is 9.17. The Balaban J connectivity index is 0.00000256. The minimum Gasteiger partial charge on any atom is -0.496 e. The number of aromatic nitrogens is 4. The molecule has 0 fully saturated rings. The minimum absolute atomic E-state index is 0. The summed E-state index contributed by atoms with van der Waals surface area (Å²) in [5.41, 5.74) is 4.26. The van der Waals surface area contributed by atoms with Gasteiger partial charge in [0.2, 0.25) is 5.95 Å². The summed E-state index contributed by atoms with van der Waals surface area (Å²) in [5, 5.41) is 0. The summed E-state index contributed by atoms with van der Waals surface area (Å²) >= 11 is 0. The van der Waals surface area contributed by atoms with Gasteiger partial charge in [-0.2, -0.15) is 4.39 Å². The second-order valence-electron chi connectivity index (χ2n) is 6.49. The maximum Gasteiger partial charge on any atom is 0.212 e. The van der Waals surface area contributed by atoms with E-state index >= 15 is 0 Å². The van der Waals surface area contributed by atoms with Crippen molar-refractivity contribution in [2.45, 2.75) is 21.0 Å². The molecule has 154 valence electrons. The molecule has 0 spiro atoms. The van der Waals surface area contributed by atoms with Crippen LogP contribution in [-0.2, 0) is 6.61 Å². The Morgan fingerprint density at radius 2 is 1.83 bits per heavy atom. The largest absolute Gasteiger partial charge is 0.496 e. The highest BCUT2D eigenvalue weighted by Gasteiger charge is 2.12. The van der Waals surface area contributed by atoms with Gasteiger partial charge in [-0.05, 0) is 42.8 Å². The molecule has 6 nitrogen and oxygen atoms in total. The van der Waals surface area contributed by atoms with E-state index in [1.54, 1.807) is 19.4 Å². The first-order valence-electron chi connectivity index (χ1n) is 9.02. The van der Waals surface area contributed by atoms with Crippen molar-refractivity contribution < 1.29 is 13.9 Å². The van der Waals surface area contributed by atoms with Gasteiger partial charge < -0.3 is 14.5 Å². The van der Waals surface area contributed by atoms with E-state index in [-0.39, 0.29) is 7.43 Å². The van der Waals surface area contributed by atoms with E-state index < -0.39 is 5.95 Å². The number of rotatable bonds is 6. The molecular formula is C23H23FN4O2. The highest BCUT2D eigenvalue weighted by atomic mass is 19.1. The van der Waals surface area contributed by atoms with Gasteiger partial charge in [-0.15, -0.1) is 0 Å². The number of aryl methyl sites for hydroxylation is 1. The lowest BCUT2D eigenvalue weighted by Crippen LogP contribution is -1.99. The molecule has 1 aromatic carbocycles. The van der Waals surface area contributed by atoms with Crippen LogP contribution >= 0.6 is 0 Å². The summed E-state index contributed by atoms with van der Waals surface area (Å²) in [7, 11) is 1.60. The smallest absolute Gasteiger partial charge is 0.212 e. The van der Waals surface area contributed by atoms with E-state index in [1.165, 1.54) is 12.3 Å². The molecule has 3 aromatic heterocycles. The third-order valence-corrected chi connectivity index (χ3v) is 4.40. The molecule has 0 amide bonds. The summed E-state index contributed by atoms with van der Waals surface area (Å²) in [6.07, 6.45) is 4.95. The number of halogens is 1. The van der Waals surface area contributed by atoms with E-state index in [2.05, 4.69) is 19.9 Å². The fourth-order valence-electron chi connectivity index (χ4n) is 2.85. The fraction of sp³-hybridized carbons (Fsp3) is 0.174. The summed E-state index contributed by atoms with van der Waals surface area (Å²) in [6.45, 7) is 2.36. The van der Waals surface area contributed by atoms with E-state index in [9.17, 15) is 4.39 Å². The van der Waals surface area contributed by atoms with Crippen LogP contribution in [0.3, 0.4) is 0 Å². The van der Waals surface area contributed by atoms with Crippen LogP contribution in [0, 0.1) is 12.9 Å². The Bertz CT molecular complexity index is 1110.